The molecule has 5 heteroatoms. The Morgan fingerprint density at radius 2 is 2.26 bits per heavy atom. The number of aromatic nitrogens is 1. The summed E-state index contributed by atoms with van der Waals surface area (Å²) >= 11 is 3.52. The fourth-order valence-electron chi connectivity index (χ4n) is 2.39. The molecule has 0 spiro atoms. The van der Waals surface area contributed by atoms with E-state index in [1.54, 1.807) is 0 Å². The van der Waals surface area contributed by atoms with Crippen molar-refractivity contribution in [3.63, 3.8) is 0 Å². The maximum Gasteiger partial charge on any atom is 0.133 e. The number of nitrogens with zero attached hydrogens (tertiary/aromatic N) is 2. The van der Waals surface area contributed by atoms with Crippen LogP contribution in [0.3, 0.4) is 0 Å². The second-order valence-electron chi connectivity index (χ2n) is 5.24. The number of rotatable bonds is 4. The lowest BCUT2D eigenvalue weighted by Crippen LogP contribution is -2.29. The van der Waals surface area contributed by atoms with Gasteiger partial charge >= 0.3 is 0 Å². The van der Waals surface area contributed by atoms with Gasteiger partial charge in [-0.1, -0.05) is 0 Å². The third kappa shape index (κ3) is 3.68. The van der Waals surface area contributed by atoms with Crippen molar-refractivity contribution >= 4 is 21.7 Å². The molecular formula is C14H20BrN3O. The summed E-state index contributed by atoms with van der Waals surface area (Å²) in [6.07, 6.45) is 5.59. The topological polar surface area (TPSA) is 37.4 Å². The second kappa shape index (κ2) is 6.20. The molecule has 0 unspecified atom stereocenters. The Morgan fingerprint density at radius 1 is 1.37 bits per heavy atom. The quantitative estimate of drug-likeness (QED) is 0.921. The molecule has 0 atom stereocenters. The molecule has 1 aliphatic carbocycles. The van der Waals surface area contributed by atoms with E-state index in [1.165, 1.54) is 18.4 Å². The summed E-state index contributed by atoms with van der Waals surface area (Å²) in [7, 11) is 0. The largest absolute Gasteiger partial charge is 0.380 e. The van der Waals surface area contributed by atoms with Gasteiger partial charge in [0.2, 0.25) is 0 Å². The van der Waals surface area contributed by atoms with Crippen LogP contribution in [-0.4, -0.2) is 37.3 Å². The Bertz CT molecular complexity index is 429. The van der Waals surface area contributed by atoms with Gasteiger partial charge in [0.15, 0.2) is 0 Å². The molecule has 2 heterocycles. The average molecular weight is 326 g/mol. The van der Waals surface area contributed by atoms with Crippen LogP contribution in [0.2, 0.25) is 0 Å². The lowest BCUT2D eigenvalue weighted by Gasteiger charge is -2.23. The first-order valence-electron chi connectivity index (χ1n) is 7.03. The molecule has 0 aromatic carbocycles. The smallest absolute Gasteiger partial charge is 0.133 e. The fourth-order valence-corrected chi connectivity index (χ4v) is 2.77. The van der Waals surface area contributed by atoms with E-state index in [2.05, 4.69) is 37.2 Å². The van der Waals surface area contributed by atoms with Crippen molar-refractivity contribution < 1.29 is 4.74 Å². The van der Waals surface area contributed by atoms with Crippen LogP contribution in [0.1, 0.15) is 24.8 Å². The number of hydrogen-bond donors (Lipinski definition) is 1. The van der Waals surface area contributed by atoms with Crippen LogP contribution in [0.25, 0.3) is 0 Å². The summed E-state index contributed by atoms with van der Waals surface area (Å²) in [6, 6.07) is 2.91. The molecule has 1 aromatic rings. The van der Waals surface area contributed by atoms with Crippen molar-refractivity contribution in [3.05, 3.63) is 22.3 Å². The van der Waals surface area contributed by atoms with Crippen LogP contribution in [0.15, 0.2) is 16.7 Å². The molecule has 1 aromatic heterocycles. The first-order chi connectivity index (χ1) is 9.33. The van der Waals surface area contributed by atoms with Crippen LogP contribution >= 0.6 is 15.9 Å². The van der Waals surface area contributed by atoms with Gasteiger partial charge in [-0.05, 0) is 41.3 Å². The van der Waals surface area contributed by atoms with Crippen molar-refractivity contribution in [3.8, 4) is 0 Å². The number of pyridine rings is 1. The molecule has 104 valence electrons. The van der Waals surface area contributed by atoms with Gasteiger partial charge < -0.3 is 15.0 Å². The SMILES string of the molecule is Brc1cnc(N2CCCOCC2)c(CNC2CC2)c1. The lowest BCUT2D eigenvalue weighted by molar-refractivity contribution is 0.152. The normalized spacial score (nSPS) is 20.4. The summed E-state index contributed by atoms with van der Waals surface area (Å²) in [5.41, 5.74) is 1.28. The molecule has 4 nitrogen and oxygen atoms in total. The number of nitrogens with one attached hydrogen (secondary N) is 1. The van der Waals surface area contributed by atoms with Gasteiger partial charge in [-0.15, -0.1) is 0 Å². The summed E-state index contributed by atoms with van der Waals surface area (Å²) < 4.78 is 6.57. The van der Waals surface area contributed by atoms with Crippen LogP contribution in [-0.2, 0) is 11.3 Å². The van der Waals surface area contributed by atoms with E-state index < -0.39 is 0 Å². The zero-order chi connectivity index (χ0) is 13.1. The third-order valence-corrected chi connectivity index (χ3v) is 4.02. The first-order valence-corrected chi connectivity index (χ1v) is 7.83. The molecule has 1 saturated heterocycles. The molecule has 1 saturated carbocycles. The van der Waals surface area contributed by atoms with Crippen molar-refractivity contribution in [1.82, 2.24) is 10.3 Å². The van der Waals surface area contributed by atoms with E-state index in [-0.39, 0.29) is 0 Å². The van der Waals surface area contributed by atoms with E-state index >= 15 is 0 Å². The summed E-state index contributed by atoms with van der Waals surface area (Å²) in [5.74, 6) is 1.11. The van der Waals surface area contributed by atoms with Gasteiger partial charge in [0.05, 0.1) is 6.61 Å². The number of hydrogen-bond acceptors (Lipinski definition) is 4. The van der Waals surface area contributed by atoms with Crippen LogP contribution < -0.4 is 10.2 Å². The predicted molar refractivity (Wildman–Crippen MR) is 79.4 cm³/mol. The molecule has 0 amide bonds. The van der Waals surface area contributed by atoms with Gasteiger partial charge in [0.1, 0.15) is 5.82 Å². The standard InChI is InChI=1S/C14H20BrN3O/c15-12-8-11(9-16-13-2-3-13)14(17-10-12)18-4-1-6-19-7-5-18/h8,10,13,16H,1-7,9H2. The van der Waals surface area contributed by atoms with Crippen LogP contribution in [0, 0.1) is 0 Å². The summed E-state index contributed by atoms with van der Waals surface area (Å²) in [5, 5.41) is 3.58. The number of ether oxygens (including phenoxy) is 1. The van der Waals surface area contributed by atoms with Crippen LogP contribution in [0.4, 0.5) is 5.82 Å². The Hall–Kier alpha value is -0.650. The molecule has 1 aliphatic heterocycles. The minimum atomic E-state index is 0.722. The van der Waals surface area contributed by atoms with Crippen molar-refractivity contribution in [2.24, 2.45) is 0 Å². The first kappa shape index (κ1) is 13.3. The second-order valence-corrected chi connectivity index (χ2v) is 6.16. The molecule has 2 aliphatic rings. The third-order valence-electron chi connectivity index (χ3n) is 3.59. The van der Waals surface area contributed by atoms with Crippen molar-refractivity contribution in [2.45, 2.75) is 31.8 Å². The predicted octanol–water partition coefficient (Wildman–Crippen LogP) is 2.32. The highest BCUT2D eigenvalue weighted by Crippen LogP contribution is 2.25. The molecule has 0 radical (unpaired) electrons. The lowest BCUT2D eigenvalue weighted by atomic mass is 10.2. The monoisotopic (exact) mass is 325 g/mol. The van der Waals surface area contributed by atoms with E-state index in [1.807, 2.05) is 6.20 Å². The Labute approximate surface area is 122 Å². The Kier molecular flexibility index (Phi) is 4.35. The number of halogens is 1. The van der Waals surface area contributed by atoms with E-state index in [9.17, 15) is 0 Å². The molecule has 2 fully saturated rings. The van der Waals surface area contributed by atoms with Gasteiger partial charge in [-0.2, -0.15) is 0 Å². The zero-order valence-corrected chi connectivity index (χ0v) is 12.7. The van der Waals surface area contributed by atoms with Crippen molar-refractivity contribution in [2.75, 3.05) is 31.2 Å². The van der Waals surface area contributed by atoms with Crippen LogP contribution in [0.5, 0.6) is 0 Å². The molecule has 0 bridgehead atoms. The fraction of sp³-hybridized carbons (Fsp3) is 0.643. The molecular weight excluding hydrogens is 306 g/mol. The minimum absolute atomic E-state index is 0.722. The zero-order valence-electron chi connectivity index (χ0n) is 11.1. The summed E-state index contributed by atoms with van der Waals surface area (Å²) in [4.78, 5) is 6.98. The maximum atomic E-state index is 5.52. The van der Waals surface area contributed by atoms with Crippen molar-refractivity contribution in [1.29, 1.82) is 0 Å². The van der Waals surface area contributed by atoms with Gasteiger partial charge in [0.25, 0.3) is 0 Å². The molecule has 3 rings (SSSR count). The molecule has 1 N–H and O–H groups in total. The highest BCUT2D eigenvalue weighted by molar-refractivity contribution is 9.10. The van der Waals surface area contributed by atoms with Gasteiger partial charge in [-0.3, -0.25) is 0 Å². The average Bonchev–Trinajstić information content (AvgIpc) is 3.24. The highest BCUT2D eigenvalue weighted by atomic mass is 79.9. The Balaban J connectivity index is 1.76. The molecule has 19 heavy (non-hydrogen) atoms. The minimum Gasteiger partial charge on any atom is -0.380 e. The van der Waals surface area contributed by atoms with E-state index in [0.29, 0.717) is 0 Å². The van der Waals surface area contributed by atoms with Gasteiger partial charge in [-0.25, -0.2) is 4.98 Å². The number of anilines is 1. The Morgan fingerprint density at radius 3 is 3.11 bits per heavy atom. The summed E-state index contributed by atoms with van der Waals surface area (Å²) in [6.45, 7) is 4.54. The maximum absolute atomic E-state index is 5.52. The van der Waals surface area contributed by atoms with E-state index in [0.717, 1.165) is 55.6 Å². The van der Waals surface area contributed by atoms with E-state index in [4.69, 9.17) is 4.74 Å². The highest BCUT2D eigenvalue weighted by Gasteiger charge is 2.22. The van der Waals surface area contributed by atoms with Gasteiger partial charge in [0, 0.05) is 48.5 Å².